The largest absolute Gasteiger partial charge is 0.493 e. The van der Waals surface area contributed by atoms with Crippen molar-refractivity contribution in [1.82, 2.24) is 4.98 Å². The molecule has 3 rings (SSSR count). The van der Waals surface area contributed by atoms with Gasteiger partial charge in [-0.3, -0.25) is 4.79 Å². The molecule has 1 aromatic heterocycles. The summed E-state index contributed by atoms with van der Waals surface area (Å²) in [7, 11) is 0. The average Bonchev–Trinajstić information content (AvgIpc) is 2.87. The van der Waals surface area contributed by atoms with Crippen molar-refractivity contribution in [1.29, 1.82) is 0 Å². The predicted molar refractivity (Wildman–Crippen MR) is 99.2 cm³/mol. The highest BCUT2D eigenvalue weighted by molar-refractivity contribution is 14.1. The molecular weight excluding hydrogens is 445 g/mol. The Morgan fingerprint density at radius 3 is 2.88 bits per heavy atom. The van der Waals surface area contributed by atoms with Gasteiger partial charge in [0, 0.05) is 10.4 Å². The Labute approximate surface area is 155 Å². The van der Waals surface area contributed by atoms with E-state index < -0.39 is 5.91 Å². The molecule has 6 nitrogen and oxygen atoms in total. The van der Waals surface area contributed by atoms with E-state index in [0.29, 0.717) is 21.7 Å². The molecule has 8 heteroatoms. The Morgan fingerprint density at radius 2 is 2.08 bits per heavy atom. The molecule has 24 heavy (non-hydrogen) atoms. The summed E-state index contributed by atoms with van der Waals surface area (Å²) in [6.07, 6.45) is 0. The number of benzene rings is 2. The van der Waals surface area contributed by atoms with Crippen molar-refractivity contribution < 1.29 is 14.6 Å². The molecule has 0 radical (unpaired) electrons. The second-order valence-electron chi connectivity index (χ2n) is 4.82. The van der Waals surface area contributed by atoms with Crippen molar-refractivity contribution in [3.05, 3.63) is 51.1 Å². The van der Waals surface area contributed by atoms with Crippen LogP contribution in [0.15, 0.2) is 52.7 Å². The van der Waals surface area contributed by atoms with Gasteiger partial charge in [-0.25, -0.2) is 0 Å². The molecule has 1 heterocycles. The molecule has 0 spiro atoms. The molecule has 3 aromatic rings. The molecule has 0 aliphatic heterocycles. The van der Waals surface area contributed by atoms with E-state index in [0.717, 1.165) is 3.57 Å². The number of aromatic hydroxyl groups is 1. The summed E-state index contributed by atoms with van der Waals surface area (Å²) in [6, 6.07) is 12.3. The maximum Gasteiger partial charge on any atom is 0.302 e. The van der Waals surface area contributed by atoms with Gasteiger partial charge in [-0.15, -0.1) is 10.2 Å². The number of carbonyl (C=O) groups excluding carboxylic acids is 1. The number of halogens is 2. The van der Waals surface area contributed by atoms with E-state index >= 15 is 0 Å². The zero-order valence-corrected chi connectivity index (χ0v) is 15.1. The van der Waals surface area contributed by atoms with Crippen LogP contribution in [0.4, 0.5) is 5.69 Å². The smallest absolute Gasteiger partial charge is 0.302 e. The molecule has 0 aliphatic rings. The van der Waals surface area contributed by atoms with Crippen LogP contribution >= 0.6 is 34.2 Å². The summed E-state index contributed by atoms with van der Waals surface area (Å²) in [5, 5.41) is 18.5. The lowest BCUT2D eigenvalue weighted by molar-refractivity contribution is -0.120. The Kier molecular flexibility index (Phi) is 5.00. The molecule has 0 unspecified atom stereocenters. The van der Waals surface area contributed by atoms with E-state index in [-0.39, 0.29) is 18.2 Å². The third-order valence-corrected chi connectivity index (χ3v) is 4.24. The fraction of sp³-hybridized carbons (Fsp3) is 0.0625. The fourth-order valence-corrected chi connectivity index (χ4v) is 3.11. The van der Waals surface area contributed by atoms with Gasteiger partial charge in [-0.05, 0) is 46.9 Å². The highest BCUT2D eigenvalue weighted by atomic mass is 127. The Balaban J connectivity index is 1.70. The van der Waals surface area contributed by atoms with Gasteiger partial charge < -0.3 is 14.8 Å². The predicted octanol–water partition coefficient (Wildman–Crippen LogP) is 4.82. The number of aromatic nitrogens is 1. The molecule has 0 saturated carbocycles. The molecule has 2 aromatic carbocycles. The van der Waals surface area contributed by atoms with Crippen LogP contribution in [0.1, 0.15) is 0 Å². The number of azo groups is 1. The van der Waals surface area contributed by atoms with Crippen molar-refractivity contribution in [2.24, 2.45) is 10.2 Å². The van der Waals surface area contributed by atoms with Gasteiger partial charge in [0.2, 0.25) is 5.88 Å². The van der Waals surface area contributed by atoms with Gasteiger partial charge in [0.15, 0.2) is 12.3 Å². The van der Waals surface area contributed by atoms with Gasteiger partial charge in [-0.1, -0.05) is 29.8 Å². The maximum atomic E-state index is 11.8. The molecule has 0 aliphatic carbocycles. The number of aromatic amines is 1. The number of carbonyl (C=O) groups is 1. The quantitative estimate of drug-likeness (QED) is 0.437. The molecule has 0 fully saturated rings. The molecule has 2 N–H and O–H groups in total. The van der Waals surface area contributed by atoms with Crippen LogP contribution in [0, 0.1) is 3.57 Å². The van der Waals surface area contributed by atoms with Gasteiger partial charge in [0.1, 0.15) is 5.75 Å². The topological polar surface area (TPSA) is 87.0 Å². The van der Waals surface area contributed by atoms with E-state index in [2.05, 4.69) is 37.8 Å². The van der Waals surface area contributed by atoms with Crippen LogP contribution in [0.25, 0.3) is 10.9 Å². The Hall–Kier alpha value is -2.13. The minimum atomic E-state index is -0.564. The molecule has 1 amide bonds. The van der Waals surface area contributed by atoms with Crippen molar-refractivity contribution >= 4 is 56.7 Å². The SMILES string of the molecule is O=C(COc1ccc(Cl)cc1I)N=Nc1c(O)[nH]c2ccccc12. The van der Waals surface area contributed by atoms with E-state index in [9.17, 15) is 9.90 Å². The molecular formula is C16H11ClIN3O3. The second-order valence-corrected chi connectivity index (χ2v) is 6.42. The van der Waals surface area contributed by atoms with Gasteiger partial charge in [-0.2, -0.15) is 0 Å². The van der Waals surface area contributed by atoms with Crippen molar-refractivity contribution in [2.75, 3.05) is 6.61 Å². The van der Waals surface area contributed by atoms with Crippen LogP contribution in [-0.2, 0) is 4.79 Å². The first-order valence-corrected chi connectivity index (χ1v) is 8.32. The number of ether oxygens (including phenoxy) is 1. The van der Waals surface area contributed by atoms with Crippen molar-refractivity contribution in [3.63, 3.8) is 0 Å². The zero-order valence-electron chi connectivity index (χ0n) is 12.2. The number of hydrogen-bond donors (Lipinski definition) is 2. The Bertz CT molecular complexity index is 939. The van der Waals surface area contributed by atoms with Gasteiger partial charge in [0.05, 0.1) is 9.09 Å². The number of para-hydroxylation sites is 1. The summed E-state index contributed by atoms with van der Waals surface area (Å²) in [5.74, 6) is -0.162. The van der Waals surface area contributed by atoms with Gasteiger partial charge in [0.25, 0.3) is 0 Å². The average molecular weight is 456 g/mol. The normalized spacial score (nSPS) is 11.2. The number of fused-ring (bicyclic) bond motifs is 1. The number of nitrogens with zero attached hydrogens (tertiary/aromatic N) is 2. The lowest BCUT2D eigenvalue weighted by Crippen LogP contribution is -2.08. The summed E-state index contributed by atoms with van der Waals surface area (Å²) < 4.78 is 6.19. The van der Waals surface area contributed by atoms with Crippen LogP contribution in [0.5, 0.6) is 11.6 Å². The lowest BCUT2D eigenvalue weighted by atomic mass is 10.2. The van der Waals surface area contributed by atoms with Crippen LogP contribution in [0.2, 0.25) is 5.02 Å². The Morgan fingerprint density at radius 1 is 1.29 bits per heavy atom. The maximum absolute atomic E-state index is 11.8. The standard InChI is InChI=1S/C16H11ClIN3O3/c17-9-5-6-13(11(18)7-9)24-8-14(22)20-21-15-10-3-1-2-4-12(10)19-16(15)23/h1-7,19,23H,8H2. The van der Waals surface area contributed by atoms with Crippen LogP contribution in [0.3, 0.4) is 0 Å². The lowest BCUT2D eigenvalue weighted by Gasteiger charge is -2.05. The number of hydrogen-bond acceptors (Lipinski definition) is 4. The van der Waals surface area contributed by atoms with Crippen LogP contribution < -0.4 is 4.74 Å². The number of amides is 1. The number of H-pyrrole nitrogens is 1. The highest BCUT2D eigenvalue weighted by Gasteiger charge is 2.11. The van der Waals surface area contributed by atoms with E-state index in [1.54, 1.807) is 30.3 Å². The number of nitrogens with one attached hydrogen (secondary N) is 1. The van der Waals surface area contributed by atoms with Crippen molar-refractivity contribution in [2.45, 2.75) is 0 Å². The first-order valence-electron chi connectivity index (χ1n) is 6.86. The minimum Gasteiger partial charge on any atom is -0.493 e. The molecule has 122 valence electrons. The summed E-state index contributed by atoms with van der Waals surface area (Å²) >= 11 is 7.93. The summed E-state index contributed by atoms with van der Waals surface area (Å²) in [4.78, 5) is 14.6. The van der Waals surface area contributed by atoms with E-state index in [1.165, 1.54) is 0 Å². The summed E-state index contributed by atoms with van der Waals surface area (Å²) in [6.45, 7) is -0.260. The zero-order chi connectivity index (χ0) is 17.1. The molecule has 0 saturated heterocycles. The first kappa shape index (κ1) is 16.7. The van der Waals surface area contributed by atoms with E-state index in [1.807, 2.05) is 12.1 Å². The highest BCUT2D eigenvalue weighted by Crippen LogP contribution is 2.35. The second kappa shape index (κ2) is 7.18. The molecule has 0 bridgehead atoms. The van der Waals surface area contributed by atoms with E-state index in [4.69, 9.17) is 16.3 Å². The number of rotatable bonds is 4. The van der Waals surface area contributed by atoms with Crippen molar-refractivity contribution in [3.8, 4) is 11.6 Å². The third-order valence-electron chi connectivity index (χ3n) is 3.17. The minimum absolute atomic E-state index is 0.138. The first-order chi connectivity index (χ1) is 11.5. The monoisotopic (exact) mass is 455 g/mol. The fourth-order valence-electron chi connectivity index (χ4n) is 2.08. The van der Waals surface area contributed by atoms with Crippen LogP contribution in [-0.4, -0.2) is 22.6 Å². The molecule has 0 atom stereocenters. The summed E-state index contributed by atoms with van der Waals surface area (Å²) in [5.41, 5.74) is 0.934. The third kappa shape index (κ3) is 3.68. The van der Waals surface area contributed by atoms with Gasteiger partial charge >= 0.3 is 5.91 Å².